The van der Waals surface area contributed by atoms with Crippen LogP contribution in [0.3, 0.4) is 0 Å². The third-order valence-electron chi connectivity index (χ3n) is 3.38. The van der Waals surface area contributed by atoms with Crippen molar-refractivity contribution in [2.45, 2.75) is 32.6 Å². The number of carbonyl (C=O) groups excluding carboxylic acids is 1. The molecule has 2 heteroatoms. The lowest BCUT2D eigenvalue weighted by Crippen LogP contribution is -2.05. The van der Waals surface area contributed by atoms with E-state index >= 15 is 0 Å². The van der Waals surface area contributed by atoms with Crippen molar-refractivity contribution in [3.05, 3.63) is 64.2 Å². The average molecular weight is 284 g/mol. The molecule has 0 aliphatic rings. The molecule has 0 heterocycles. The van der Waals surface area contributed by atoms with E-state index < -0.39 is 0 Å². The summed E-state index contributed by atoms with van der Waals surface area (Å²) in [5.74, 6) is 0.696. The summed E-state index contributed by atoms with van der Waals surface area (Å²) in [6, 6.07) is 12.4. The van der Waals surface area contributed by atoms with E-state index in [0.29, 0.717) is 5.75 Å². The van der Waals surface area contributed by atoms with Gasteiger partial charge in [-0.15, -0.1) is 11.8 Å². The van der Waals surface area contributed by atoms with Crippen LogP contribution in [-0.2, 0) is 0 Å². The molecule has 0 radical (unpaired) electrons. The lowest BCUT2D eigenvalue weighted by molar-refractivity contribution is 0.102. The Bertz CT molecular complexity index is 644. The zero-order chi connectivity index (χ0) is 14.7. The Balaban J connectivity index is 2.10. The molecule has 0 bridgehead atoms. The normalized spacial score (nSPS) is 10.6. The second-order valence-corrected chi connectivity index (χ2v) is 6.32. The lowest BCUT2D eigenvalue weighted by Gasteiger charge is -2.08. The number of benzene rings is 2. The molecule has 0 aromatic heterocycles. The molecule has 0 unspecified atom stereocenters. The number of rotatable bonds is 4. The zero-order valence-electron chi connectivity index (χ0n) is 12.5. The molecule has 2 rings (SSSR count). The Hall–Kier alpha value is -1.54. The maximum atomic E-state index is 12.3. The van der Waals surface area contributed by atoms with Crippen molar-refractivity contribution in [1.29, 1.82) is 0 Å². The molecule has 1 nitrogen and oxygen atoms in total. The second kappa shape index (κ2) is 6.27. The highest BCUT2D eigenvalue weighted by atomic mass is 32.2. The van der Waals surface area contributed by atoms with Crippen LogP contribution in [0.15, 0.2) is 41.3 Å². The van der Waals surface area contributed by atoms with Crippen molar-refractivity contribution < 1.29 is 4.79 Å². The van der Waals surface area contributed by atoms with Gasteiger partial charge in [-0.1, -0.05) is 41.5 Å². The largest absolute Gasteiger partial charge is 0.293 e. The van der Waals surface area contributed by atoms with Gasteiger partial charge in [-0.3, -0.25) is 4.79 Å². The van der Waals surface area contributed by atoms with Gasteiger partial charge in [-0.25, -0.2) is 0 Å². The minimum absolute atomic E-state index is 0.202. The zero-order valence-corrected chi connectivity index (χ0v) is 13.3. The van der Waals surface area contributed by atoms with Crippen LogP contribution < -0.4 is 0 Å². The van der Waals surface area contributed by atoms with Gasteiger partial charge in [-0.05, 0) is 44.9 Å². The van der Waals surface area contributed by atoms with E-state index in [9.17, 15) is 4.79 Å². The summed E-state index contributed by atoms with van der Waals surface area (Å²) < 4.78 is 0. The molecule has 0 amide bonds. The number of ketones is 1. The van der Waals surface area contributed by atoms with E-state index in [1.165, 1.54) is 21.6 Å². The van der Waals surface area contributed by atoms with Crippen LogP contribution in [0.2, 0.25) is 0 Å². The predicted molar refractivity (Wildman–Crippen MR) is 86.9 cm³/mol. The van der Waals surface area contributed by atoms with Crippen LogP contribution in [0.4, 0.5) is 0 Å². The van der Waals surface area contributed by atoms with Gasteiger partial charge in [0, 0.05) is 10.5 Å². The van der Waals surface area contributed by atoms with Crippen LogP contribution in [0.5, 0.6) is 0 Å². The van der Waals surface area contributed by atoms with Crippen LogP contribution in [0, 0.1) is 27.7 Å². The average Bonchev–Trinajstić information content (AvgIpc) is 2.39. The SMILES string of the molecule is Cc1ccc(C(=O)CSc2cc(C)ccc2C)c(C)c1. The summed E-state index contributed by atoms with van der Waals surface area (Å²) in [4.78, 5) is 13.5. The van der Waals surface area contributed by atoms with E-state index in [-0.39, 0.29) is 5.78 Å². The van der Waals surface area contributed by atoms with Gasteiger partial charge in [0.25, 0.3) is 0 Å². The topological polar surface area (TPSA) is 17.1 Å². The van der Waals surface area contributed by atoms with Crippen LogP contribution in [0.25, 0.3) is 0 Å². The summed E-state index contributed by atoms with van der Waals surface area (Å²) in [5, 5.41) is 0. The Morgan fingerprint density at radius 3 is 2.25 bits per heavy atom. The Morgan fingerprint density at radius 1 is 0.900 bits per heavy atom. The third kappa shape index (κ3) is 3.51. The molecule has 2 aromatic carbocycles. The van der Waals surface area contributed by atoms with Crippen molar-refractivity contribution in [3.8, 4) is 0 Å². The van der Waals surface area contributed by atoms with E-state index in [0.717, 1.165) is 11.1 Å². The standard InChI is InChI=1S/C18H20OS/c1-12-6-8-16(15(4)9-12)17(19)11-20-18-10-13(2)5-7-14(18)3/h5-10H,11H2,1-4H3. The molecule has 0 N–H and O–H groups in total. The molecule has 2 aromatic rings. The van der Waals surface area contributed by atoms with Crippen LogP contribution in [0.1, 0.15) is 32.6 Å². The molecule has 20 heavy (non-hydrogen) atoms. The molecule has 0 fully saturated rings. The van der Waals surface area contributed by atoms with Gasteiger partial charge in [-0.2, -0.15) is 0 Å². The molecular weight excluding hydrogens is 264 g/mol. The Morgan fingerprint density at radius 2 is 1.55 bits per heavy atom. The van der Waals surface area contributed by atoms with Crippen molar-refractivity contribution in [2.24, 2.45) is 0 Å². The molecular formula is C18H20OS. The second-order valence-electron chi connectivity index (χ2n) is 5.30. The predicted octanol–water partition coefficient (Wildman–Crippen LogP) is 4.90. The number of thioether (sulfide) groups is 1. The first-order valence-electron chi connectivity index (χ1n) is 6.78. The monoisotopic (exact) mass is 284 g/mol. The molecule has 104 valence electrons. The van der Waals surface area contributed by atoms with Gasteiger partial charge in [0.2, 0.25) is 0 Å². The van der Waals surface area contributed by atoms with Gasteiger partial charge in [0.15, 0.2) is 5.78 Å². The fraction of sp³-hybridized carbons (Fsp3) is 0.278. The van der Waals surface area contributed by atoms with Crippen molar-refractivity contribution in [2.75, 3.05) is 5.75 Å². The molecule has 0 aliphatic carbocycles. The molecule has 0 atom stereocenters. The summed E-state index contributed by atoms with van der Waals surface area (Å²) >= 11 is 1.63. The van der Waals surface area contributed by atoms with E-state index in [1.807, 2.05) is 26.0 Å². The highest BCUT2D eigenvalue weighted by Gasteiger charge is 2.10. The smallest absolute Gasteiger partial charge is 0.173 e. The van der Waals surface area contributed by atoms with E-state index in [4.69, 9.17) is 0 Å². The van der Waals surface area contributed by atoms with Gasteiger partial charge in [0.05, 0.1) is 5.75 Å². The quantitative estimate of drug-likeness (QED) is 0.587. The van der Waals surface area contributed by atoms with Crippen LogP contribution >= 0.6 is 11.8 Å². The van der Waals surface area contributed by atoms with Crippen molar-refractivity contribution in [3.63, 3.8) is 0 Å². The molecule has 0 saturated carbocycles. The fourth-order valence-corrected chi connectivity index (χ4v) is 3.22. The van der Waals surface area contributed by atoms with E-state index in [1.54, 1.807) is 11.8 Å². The first-order valence-corrected chi connectivity index (χ1v) is 7.76. The minimum atomic E-state index is 0.202. The Labute approximate surface area is 125 Å². The maximum Gasteiger partial charge on any atom is 0.173 e. The number of Topliss-reactive ketones (excluding diaryl/α,β-unsaturated/α-hetero) is 1. The van der Waals surface area contributed by atoms with Gasteiger partial charge >= 0.3 is 0 Å². The Kier molecular flexibility index (Phi) is 4.66. The van der Waals surface area contributed by atoms with E-state index in [2.05, 4.69) is 38.1 Å². The first-order chi connectivity index (χ1) is 9.47. The lowest BCUT2D eigenvalue weighted by atomic mass is 10.0. The summed E-state index contributed by atoms with van der Waals surface area (Å²) in [6.45, 7) is 8.22. The van der Waals surface area contributed by atoms with Gasteiger partial charge in [0.1, 0.15) is 0 Å². The number of carbonyl (C=O) groups is 1. The highest BCUT2D eigenvalue weighted by molar-refractivity contribution is 8.00. The minimum Gasteiger partial charge on any atom is -0.293 e. The maximum absolute atomic E-state index is 12.3. The van der Waals surface area contributed by atoms with Crippen molar-refractivity contribution in [1.82, 2.24) is 0 Å². The number of hydrogen-bond acceptors (Lipinski definition) is 2. The highest BCUT2D eigenvalue weighted by Crippen LogP contribution is 2.25. The molecule has 0 spiro atoms. The fourth-order valence-electron chi connectivity index (χ4n) is 2.21. The van der Waals surface area contributed by atoms with Crippen LogP contribution in [-0.4, -0.2) is 11.5 Å². The third-order valence-corrected chi connectivity index (χ3v) is 4.54. The summed E-state index contributed by atoms with van der Waals surface area (Å²) in [7, 11) is 0. The number of aryl methyl sites for hydroxylation is 4. The molecule has 0 saturated heterocycles. The summed E-state index contributed by atoms with van der Waals surface area (Å²) in [5.41, 5.74) is 5.57. The molecule has 0 aliphatic heterocycles. The van der Waals surface area contributed by atoms with Crippen molar-refractivity contribution >= 4 is 17.5 Å². The first kappa shape index (κ1) is 14.9. The number of hydrogen-bond donors (Lipinski definition) is 0. The summed E-state index contributed by atoms with van der Waals surface area (Å²) in [6.07, 6.45) is 0. The van der Waals surface area contributed by atoms with Gasteiger partial charge < -0.3 is 0 Å².